The fourth-order valence-corrected chi connectivity index (χ4v) is 6.70. The first-order chi connectivity index (χ1) is 21.8. The zero-order valence-corrected chi connectivity index (χ0v) is 23.9. The van der Waals surface area contributed by atoms with Gasteiger partial charge in [-0.15, -0.1) is 0 Å². The van der Waals surface area contributed by atoms with Crippen LogP contribution >= 0.6 is 0 Å². The molecule has 0 fully saturated rings. The molecule has 2 heteroatoms. The van der Waals surface area contributed by atoms with Crippen molar-refractivity contribution >= 4 is 53.9 Å². The van der Waals surface area contributed by atoms with Crippen LogP contribution in [0.25, 0.3) is 87.8 Å². The SMILES string of the molecule is c1ccc(-c2cc(-c3ccc4c(ccc5ccccc54)c3)nc(-c3c4ccccc4cc4c3ccc3ccccc34)n2)cc1. The molecule has 0 aliphatic rings. The molecule has 0 aliphatic heterocycles. The number of nitrogens with zero attached hydrogens (tertiary/aromatic N) is 2. The quantitative estimate of drug-likeness (QED) is 0.159. The molecule has 204 valence electrons. The molecule has 0 aliphatic carbocycles. The maximum absolute atomic E-state index is 5.34. The number of aromatic nitrogens is 2. The van der Waals surface area contributed by atoms with Crippen molar-refractivity contribution in [3.63, 3.8) is 0 Å². The lowest BCUT2D eigenvalue weighted by Gasteiger charge is -2.15. The zero-order chi connectivity index (χ0) is 29.0. The van der Waals surface area contributed by atoms with Crippen molar-refractivity contribution in [1.29, 1.82) is 0 Å². The van der Waals surface area contributed by atoms with Crippen LogP contribution in [0.1, 0.15) is 0 Å². The van der Waals surface area contributed by atoms with E-state index in [-0.39, 0.29) is 0 Å². The van der Waals surface area contributed by atoms with Gasteiger partial charge in [0.25, 0.3) is 0 Å². The van der Waals surface area contributed by atoms with Gasteiger partial charge in [0, 0.05) is 16.7 Å². The second kappa shape index (κ2) is 9.86. The standard InChI is InChI=1S/C42H26N2/c1-2-12-29(13-3-1)39-26-40(32-21-22-35-31(24-32)19-18-27-10-4-7-15-33(27)35)44-42(43-39)41-36-17-9-6-14-30(36)25-38-34-16-8-5-11-28(34)20-23-37(38)41/h1-26H. The maximum Gasteiger partial charge on any atom is 0.161 e. The van der Waals surface area contributed by atoms with Crippen LogP contribution in [-0.4, -0.2) is 9.97 Å². The molecule has 0 saturated carbocycles. The highest BCUT2D eigenvalue weighted by Gasteiger charge is 2.17. The van der Waals surface area contributed by atoms with E-state index in [9.17, 15) is 0 Å². The minimum absolute atomic E-state index is 0.733. The van der Waals surface area contributed by atoms with Gasteiger partial charge in [0.15, 0.2) is 5.82 Å². The number of hydrogen-bond acceptors (Lipinski definition) is 2. The van der Waals surface area contributed by atoms with E-state index in [0.29, 0.717) is 0 Å². The second-order valence-corrected chi connectivity index (χ2v) is 11.4. The largest absolute Gasteiger partial charge is 0.228 e. The molecule has 0 N–H and O–H groups in total. The lowest BCUT2D eigenvalue weighted by molar-refractivity contribution is 1.19. The Morgan fingerprint density at radius 3 is 1.59 bits per heavy atom. The minimum atomic E-state index is 0.733. The first-order valence-electron chi connectivity index (χ1n) is 15.0. The van der Waals surface area contributed by atoms with Crippen LogP contribution in [0, 0.1) is 0 Å². The molecule has 8 aromatic carbocycles. The van der Waals surface area contributed by atoms with E-state index in [2.05, 4.69) is 152 Å². The predicted molar refractivity (Wildman–Crippen MR) is 186 cm³/mol. The molecule has 9 rings (SSSR count). The van der Waals surface area contributed by atoms with Crippen molar-refractivity contribution in [3.05, 3.63) is 158 Å². The Kier molecular flexibility index (Phi) is 5.54. The summed E-state index contributed by atoms with van der Waals surface area (Å²) in [6, 6.07) is 56.2. The third-order valence-electron chi connectivity index (χ3n) is 8.83. The van der Waals surface area contributed by atoms with Crippen LogP contribution in [0.2, 0.25) is 0 Å². The third-order valence-corrected chi connectivity index (χ3v) is 8.83. The lowest BCUT2D eigenvalue weighted by Crippen LogP contribution is -1.98. The van der Waals surface area contributed by atoms with E-state index in [1.165, 1.54) is 43.1 Å². The van der Waals surface area contributed by atoms with Gasteiger partial charge in [-0.05, 0) is 72.1 Å². The third kappa shape index (κ3) is 3.96. The number of fused-ring (bicyclic) bond motifs is 7. The predicted octanol–water partition coefficient (Wildman–Crippen LogP) is 11.2. The number of rotatable bonds is 3. The Labute approximate surface area is 254 Å². The Morgan fingerprint density at radius 1 is 0.295 bits per heavy atom. The van der Waals surface area contributed by atoms with E-state index < -0.39 is 0 Å². The summed E-state index contributed by atoms with van der Waals surface area (Å²) in [4.78, 5) is 10.6. The molecule has 0 amide bonds. The molecule has 0 spiro atoms. The fraction of sp³-hybridized carbons (Fsp3) is 0. The van der Waals surface area contributed by atoms with Gasteiger partial charge in [0.05, 0.1) is 11.4 Å². The van der Waals surface area contributed by atoms with Crippen LogP contribution in [0.15, 0.2) is 158 Å². The van der Waals surface area contributed by atoms with Crippen LogP contribution in [0.3, 0.4) is 0 Å². The molecule has 1 heterocycles. The molecule has 0 atom stereocenters. The minimum Gasteiger partial charge on any atom is -0.228 e. The van der Waals surface area contributed by atoms with E-state index in [1.807, 2.05) is 6.07 Å². The van der Waals surface area contributed by atoms with Gasteiger partial charge < -0.3 is 0 Å². The van der Waals surface area contributed by atoms with Crippen molar-refractivity contribution in [3.8, 4) is 33.9 Å². The van der Waals surface area contributed by atoms with Gasteiger partial charge in [-0.2, -0.15) is 0 Å². The van der Waals surface area contributed by atoms with Crippen molar-refractivity contribution in [2.45, 2.75) is 0 Å². The van der Waals surface area contributed by atoms with Gasteiger partial charge in [-0.1, -0.05) is 140 Å². The Morgan fingerprint density at radius 2 is 0.818 bits per heavy atom. The summed E-state index contributed by atoms with van der Waals surface area (Å²) in [7, 11) is 0. The van der Waals surface area contributed by atoms with Gasteiger partial charge in [0.1, 0.15) is 0 Å². The van der Waals surface area contributed by atoms with Crippen molar-refractivity contribution in [1.82, 2.24) is 9.97 Å². The van der Waals surface area contributed by atoms with Gasteiger partial charge >= 0.3 is 0 Å². The first kappa shape index (κ1) is 24.7. The average molecular weight is 559 g/mol. The summed E-state index contributed by atoms with van der Waals surface area (Å²) < 4.78 is 0. The monoisotopic (exact) mass is 558 g/mol. The maximum atomic E-state index is 5.34. The summed E-state index contributed by atoms with van der Waals surface area (Å²) >= 11 is 0. The molecule has 1 aromatic heterocycles. The van der Waals surface area contributed by atoms with Crippen LogP contribution in [0.4, 0.5) is 0 Å². The summed E-state index contributed by atoms with van der Waals surface area (Å²) in [5, 5.41) is 12.1. The normalized spacial score (nSPS) is 11.6. The van der Waals surface area contributed by atoms with Crippen molar-refractivity contribution < 1.29 is 0 Å². The number of benzene rings is 8. The van der Waals surface area contributed by atoms with E-state index in [0.717, 1.165) is 44.7 Å². The summed E-state index contributed by atoms with van der Waals surface area (Å²) in [5.74, 6) is 0.733. The highest BCUT2D eigenvalue weighted by atomic mass is 14.9. The topological polar surface area (TPSA) is 25.8 Å². The molecule has 9 aromatic rings. The number of hydrogen-bond donors (Lipinski definition) is 0. The molecular weight excluding hydrogens is 532 g/mol. The Hall–Kier alpha value is -5.86. The fourth-order valence-electron chi connectivity index (χ4n) is 6.70. The van der Waals surface area contributed by atoms with Gasteiger partial charge in [0.2, 0.25) is 0 Å². The highest BCUT2D eigenvalue weighted by Crippen LogP contribution is 2.40. The van der Waals surface area contributed by atoms with Gasteiger partial charge in [-0.3, -0.25) is 0 Å². The van der Waals surface area contributed by atoms with Crippen LogP contribution in [-0.2, 0) is 0 Å². The summed E-state index contributed by atoms with van der Waals surface area (Å²) in [5.41, 5.74) is 5.02. The van der Waals surface area contributed by atoms with Gasteiger partial charge in [-0.25, -0.2) is 9.97 Å². The summed E-state index contributed by atoms with van der Waals surface area (Å²) in [6.45, 7) is 0. The van der Waals surface area contributed by atoms with Crippen LogP contribution in [0.5, 0.6) is 0 Å². The zero-order valence-electron chi connectivity index (χ0n) is 23.9. The van der Waals surface area contributed by atoms with E-state index in [1.54, 1.807) is 0 Å². The average Bonchev–Trinajstić information content (AvgIpc) is 3.10. The molecular formula is C42H26N2. The second-order valence-electron chi connectivity index (χ2n) is 11.4. The van der Waals surface area contributed by atoms with E-state index in [4.69, 9.17) is 9.97 Å². The molecule has 0 saturated heterocycles. The van der Waals surface area contributed by atoms with E-state index >= 15 is 0 Å². The molecule has 44 heavy (non-hydrogen) atoms. The lowest BCUT2D eigenvalue weighted by atomic mass is 9.92. The van der Waals surface area contributed by atoms with Crippen LogP contribution < -0.4 is 0 Å². The smallest absolute Gasteiger partial charge is 0.161 e. The Balaban J connectivity index is 1.35. The summed E-state index contributed by atoms with van der Waals surface area (Å²) in [6.07, 6.45) is 0. The van der Waals surface area contributed by atoms with Crippen molar-refractivity contribution in [2.75, 3.05) is 0 Å². The first-order valence-corrected chi connectivity index (χ1v) is 15.0. The Bertz CT molecular complexity index is 2550. The van der Waals surface area contributed by atoms with Crippen molar-refractivity contribution in [2.24, 2.45) is 0 Å². The molecule has 0 radical (unpaired) electrons. The molecule has 0 bridgehead atoms. The highest BCUT2D eigenvalue weighted by molar-refractivity contribution is 6.19. The molecule has 0 unspecified atom stereocenters. The molecule has 2 nitrogen and oxygen atoms in total.